The first-order chi connectivity index (χ1) is 9.77. The van der Waals surface area contributed by atoms with E-state index in [0.29, 0.717) is 6.29 Å². The molecule has 0 aromatic carbocycles. The van der Waals surface area contributed by atoms with E-state index in [1.165, 1.54) is 0 Å². The average Bonchev–Trinajstić information content (AvgIpc) is 2.41. The lowest BCUT2D eigenvalue weighted by atomic mass is 10.1. The second-order valence-electron chi connectivity index (χ2n) is 4.12. The van der Waals surface area contributed by atoms with Gasteiger partial charge >= 0.3 is 11.9 Å². The van der Waals surface area contributed by atoms with E-state index in [0.717, 1.165) is 0 Å². The molecule has 0 saturated heterocycles. The highest BCUT2D eigenvalue weighted by atomic mass is 16.4. The summed E-state index contributed by atoms with van der Waals surface area (Å²) in [6, 6.07) is -2.42. The van der Waals surface area contributed by atoms with Crippen molar-refractivity contribution in [3.05, 3.63) is 0 Å². The first-order valence-corrected chi connectivity index (χ1v) is 5.98. The molecule has 0 heterocycles. The third kappa shape index (κ3) is 8.31. The van der Waals surface area contributed by atoms with Gasteiger partial charge in [-0.15, -0.1) is 0 Å². The van der Waals surface area contributed by atoms with Gasteiger partial charge < -0.3 is 31.4 Å². The Morgan fingerprint density at radius 2 is 1.81 bits per heavy atom. The van der Waals surface area contributed by atoms with Crippen LogP contribution in [0.25, 0.3) is 0 Å². The summed E-state index contributed by atoms with van der Waals surface area (Å²) in [4.78, 5) is 54.3. The number of aliphatic carboxylic acids is 2. The first-order valence-electron chi connectivity index (χ1n) is 5.98. The van der Waals surface area contributed by atoms with Crippen molar-refractivity contribution in [2.75, 3.05) is 6.54 Å². The maximum Gasteiger partial charge on any atom is 0.322 e. The molecule has 0 aliphatic carbocycles. The van der Waals surface area contributed by atoms with Crippen LogP contribution < -0.4 is 16.4 Å². The van der Waals surface area contributed by atoms with Gasteiger partial charge in [-0.25, -0.2) is 0 Å². The number of nitrogens with one attached hydrogen (secondary N) is 2. The highest BCUT2D eigenvalue weighted by molar-refractivity contribution is 5.91. The SMILES string of the molecule is NC(CCC(=O)N[C@@H](CC=O)C(=O)NCC(=O)O)C(=O)O. The van der Waals surface area contributed by atoms with Crippen molar-refractivity contribution < 1.29 is 34.2 Å². The quantitative estimate of drug-likeness (QED) is 0.274. The van der Waals surface area contributed by atoms with Crippen LogP contribution in [0.4, 0.5) is 0 Å². The molecule has 0 radical (unpaired) electrons. The highest BCUT2D eigenvalue weighted by Crippen LogP contribution is 1.97. The monoisotopic (exact) mass is 303 g/mol. The van der Waals surface area contributed by atoms with Crippen LogP contribution in [0.2, 0.25) is 0 Å². The molecule has 0 saturated carbocycles. The van der Waals surface area contributed by atoms with Gasteiger partial charge in [0.25, 0.3) is 0 Å². The molecule has 0 fully saturated rings. The maximum absolute atomic E-state index is 11.6. The molecular formula is C11H17N3O7. The van der Waals surface area contributed by atoms with Gasteiger partial charge in [-0.05, 0) is 6.42 Å². The molecule has 118 valence electrons. The Labute approximate surface area is 119 Å². The van der Waals surface area contributed by atoms with Gasteiger partial charge in [-0.3, -0.25) is 19.2 Å². The number of rotatable bonds is 10. The fraction of sp³-hybridized carbons (Fsp3) is 0.545. The number of nitrogens with two attached hydrogens (primary N) is 1. The lowest BCUT2D eigenvalue weighted by Gasteiger charge is -2.16. The molecule has 10 nitrogen and oxygen atoms in total. The zero-order valence-corrected chi connectivity index (χ0v) is 11.1. The average molecular weight is 303 g/mol. The van der Waals surface area contributed by atoms with Crippen LogP contribution in [0.3, 0.4) is 0 Å². The Bertz CT molecular complexity index is 424. The molecule has 2 atom stereocenters. The molecule has 0 rings (SSSR count). The summed E-state index contributed by atoms with van der Waals surface area (Å²) in [7, 11) is 0. The number of amides is 2. The summed E-state index contributed by atoms with van der Waals surface area (Å²) >= 11 is 0. The van der Waals surface area contributed by atoms with Crippen molar-refractivity contribution in [1.29, 1.82) is 0 Å². The topological polar surface area (TPSA) is 176 Å². The molecule has 0 bridgehead atoms. The Kier molecular flexibility index (Phi) is 8.30. The molecular weight excluding hydrogens is 286 g/mol. The summed E-state index contributed by atoms with van der Waals surface area (Å²) in [5.74, 6) is -4.01. The van der Waals surface area contributed by atoms with Gasteiger partial charge in [-0.1, -0.05) is 0 Å². The van der Waals surface area contributed by atoms with E-state index in [2.05, 4.69) is 5.32 Å². The fourth-order valence-electron chi connectivity index (χ4n) is 1.29. The lowest BCUT2D eigenvalue weighted by Crippen LogP contribution is -2.48. The number of carbonyl (C=O) groups excluding carboxylic acids is 3. The number of hydrogen-bond acceptors (Lipinski definition) is 6. The number of hydrogen-bond donors (Lipinski definition) is 5. The minimum Gasteiger partial charge on any atom is -0.480 e. The minimum atomic E-state index is -1.27. The molecule has 1 unspecified atom stereocenters. The van der Waals surface area contributed by atoms with Crippen LogP contribution in [0.1, 0.15) is 19.3 Å². The molecule has 0 aliphatic rings. The van der Waals surface area contributed by atoms with Crippen molar-refractivity contribution in [3.63, 3.8) is 0 Å². The third-order valence-electron chi connectivity index (χ3n) is 2.40. The van der Waals surface area contributed by atoms with E-state index in [-0.39, 0.29) is 19.3 Å². The summed E-state index contributed by atoms with van der Waals surface area (Å²) in [6.07, 6.45) is -0.308. The van der Waals surface area contributed by atoms with Gasteiger partial charge in [-0.2, -0.15) is 0 Å². The second kappa shape index (κ2) is 9.42. The molecule has 0 spiro atoms. The van der Waals surface area contributed by atoms with E-state index in [9.17, 15) is 24.0 Å². The third-order valence-corrected chi connectivity index (χ3v) is 2.40. The van der Waals surface area contributed by atoms with Gasteiger partial charge in [0.1, 0.15) is 24.9 Å². The Balaban J connectivity index is 4.38. The van der Waals surface area contributed by atoms with Crippen molar-refractivity contribution in [2.45, 2.75) is 31.3 Å². The van der Waals surface area contributed by atoms with Gasteiger partial charge in [0.2, 0.25) is 11.8 Å². The predicted octanol–water partition coefficient (Wildman–Crippen LogP) is -2.55. The van der Waals surface area contributed by atoms with E-state index in [1.54, 1.807) is 0 Å². The van der Waals surface area contributed by atoms with E-state index in [4.69, 9.17) is 15.9 Å². The fourth-order valence-corrected chi connectivity index (χ4v) is 1.29. The van der Waals surface area contributed by atoms with Crippen LogP contribution in [-0.4, -0.2) is 58.9 Å². The lowest BCUT2D eigenvalue weighted by molar-refractivity contribution is -0.139. The van der Waals surface area contributed by atoms with Crippen molar-refractivity contribution in [1.82, 2.24) is 10.6 Å². The maximum atomic E-state index is 11.6. The van der Waals surface area contributed by atoms with Gasteiger partial charge in [0.05, 0.1) is 0 Å². The number of carbonyl (C=O) groups is 5. The molecule has 0 aromatic heterocycles. The Hall–Kier alpha value is -2.49. The minimum absolute atomic E-state index is 0.133. The van der Waals surface area contributed by atoms with Crippen molar-refractivity contribution in [2.24, 2.45) is 5.73 Å². The summed E-state index contributed by atoms with van der Waals surface area (Å²) in [6.45, 7) is -0.645. The van der Waals surface area contributed by atoms with E-state index < -0.39 is 42.4 Å². The van der Waals surface area contributed by atoms with E-state index in [1.807, 2.05) is 5.32 Å². The second-order valence-corrected chi connectivity index (χ2v) is 4.12. The Morgan fingerprint density at radius 1 is 1.19 bits per heavy atom. The summed E-state index contributed by atoms with van der Waals surface area (Å²) < 4.78 is 0. The smallest absolute Gasteiger partial charge is 0.322 e. The molecule has 10 heteroatoms. The van der Waals surface area contributed by atoms with Crippen LogP contribution in [0.15, 0.2) is 0 Å². The van der Waals surface area contributed by atoms with Crippen LogP contribution >= 0.6 is 0 Å². The number of carboxylic acids is 2. The van der Waals surface area contributed by atoms with Crippen LogP contribution in [-0.2, 0) is 24.0 Å². The van der Waals surface area contributed by atoms with Crippen molar-refractivity contribution >= 4 is 30.0 Å². The first kappa shape index (κ1) is 18.5. The molecule has 2 amide bonds. The molecule has 0 aliphatic heterocycles. The van der Waals surface area contributed by atoms with Gasteiger partial charge in [0, 0.05) is 12.8 Å². The Morgan fingerprint density at radius 3 is 2.29 bits per heavy atom. The summed E-state index contributed by atoms with van der Waals surface area (Å²) in [5.41, 5.74) is 5.21. The van der Waals surface area contributed by atoms with Crippen LogP contribution in [0, 0.1) is 0 Å². The highest BCUT2D eigenvalue weighted by Gasteiger charge is 2.21. The van der Waals surface area contributed by atoms with E-state index >= 15 is 0 Å². The molecule has 6 N–H and O–H groups in total. The summed E-state index contributed by atoms with van der Waals surface area (Å²) in [5, 5.41) is 21.2. The number of carboxylic acid groups (broad SMARTS) is 2. The predicted molar refractivity (Wildman–Crippen MR) is 68.1 cm³/mol. The zero-order valence-electron chi connectivity index (χ0n) is 11.1. The zero-order chi connectivity index (χ0) is 16.4. The number of aldehydes is 1. The van der Waals surface area contributed by atoms with Crippen LogP contribution in [0.5, 0.6) is 0 Å². The molecule has 21 heavy (non-hydrogen) atoms. The largest absolute Gasteiger partial charge is 0.480 e. The van der Waals surface area contributed by atoms with Gasteiger partial charge in [0.15, 0.2) is 0 Å². The molecule has 0 aromatic rings. The standard InChI is InChI=1S/C11H17N3O7/c12-6(11(20)21)1-2-8(16)14-7(3-4-15)10(19)13-5-9(17)18/h4,6-7H,1-3,5,12H2,(H,13,19)(H,14,16)(H,17,18)(H,20,21)/t6?,7-/m0/s1. The normalized spacial score (nSPS) is 12.8. The van der Waals surface area contributed by atoms with Crippen molar-refractivity contribution in [3.8, 4) is 0 Å².